The number of carbonyl (C=O) groups is 1. The van der Waals surface area contributed by atoms with Crippen molar-refractivity contribution in [3.63, 3.8) is 0 Å². The molecule has 37 heavy (non-hydrogen) atoms. The van der Waals surface area contributed by atoms with Gasteiger partial charge >= 0.3 is 0 Å². The van der Waals surface area contributed by atoms with E-state index < -0.39 is 20.8 Å². The van der Waals surface area contributed by atoms with Crippen LogP contribution in [-0.2, 0) is 25.9 Å². The molecule has 0 fully saturated rings. The Morgan fingerprint density at radius 1 is 0.892 bits per heavy atom. The second kappa shape index (κ2) is 11.3. The first-order chi connectivity index (χ1) is 17.7. The summed E-state index contributed by atoms with van der Waals surface area (Å²) in [4.78, 5) is 13.1. The maximum Gasteiger partial charge on any atom is 0.298 e. The van der Waals surface area contributed by atoms with Gasteiger partial charge in [0.05, 0.1) is 19.2 Å². The third-order valence-electron chi connectivity index (χ3n) is 5.59. The number of rotatable bonds is 10. The zero-order valence-corrected chi connectivity index (χ0v) is 21.3. The molecule has 2 N–H and O–H groups in total. The molecule has 0 saturated carbocycles. The third-order valence-corrected chi connectivity index (χ3v) is 7.16. The highest BCUT2D eigenvalue weighted by atomic mass is 32.2. The van der Waals surface area contributed by atoms with Crippen molar-refractivity contribution in [2.45, 2.75) is 23.1 Å². The number of benzene rings is 4. The summed E-state index contributed by atoms with van der Waals surface area (Å²) in [6, 6.07) is 19.3. The van der Waals surface area contributed by atoms with Gasteiger partial charge in [-0.05, 0) is 71.3 Å². The second-order valence-corrected chi connectivity index (χ2v) is 9.98. The molecule has 4 aromatic carbocycles. The average molecular weight is 543 g/mol. The van der Waals surface area contributed by atoms with Crippen LogP contribution in [0.15, 0.2) is 82.6 Å². The molecule has 11 heteroatoms. The zero-order valence-electron chi connectivity index (χ0n) is 19.7. The van der Waals surface area contributed by atoms with Gasteiger partial charge in [-0.1, -0.05) is 36.2 Å². The summed E-state index contributed by atoms with van der Waals surface area (Å²) >= 11 is 0.725. The summed E-state index contributed by atoms with van der Waals surface area (Å²) in [5.41, 5.74) is 1.10. The molecule has 0 radical (unpaired) electrons. The minimum Gasteiger partial charge on any atom is -0.497 e. The molecule has 0 amide bonds. The number of hydrogen-bond acceptors (Lipinski definition) is 9. The van der Waals surface area contributed by atoms with Crippen molar-refractivity contribution in [1.29, 1.82) is 0 Å². The molecule has 0 aliphatic heterocycles. The van der Waals surface area contributed by atoms with Gasteiger partial charge in [-0.25, -0.2) is 5.26 Å². The van der Waals surface area contributed by atoms with Gasteiger partial charge in [0.2, 0.25) is 0 Å². The number of ether oxygens (including phenoxy) is 2. The van der Waals surface area contributed by atoms with Gasteiger partial charge in [0.1, 0.15) is 22.1 Å². The number of aryl methyl sites for hydroxylation is 1. The van der Waals surface area contributed by atoms with Crippen molar-refractivity contribution >= 4 is 38.7 Å². The van der Waals surface area contributed by atoms with Crippen LogP contribution < -0.4 is 9.47 Å². The van der Waals surface area contributed by atoms with E-state index >= 15 is 0 Å². The summed E-state index contributed by atoms with van der Waals surface area (Å²) in [6.07, 6.45) is 0.632. The van der Waals surface area contributed by atoms with Crippen LogP contribution in [0.2, 0.25) is 0 Å². The standard InChI is InChI=1S/C26H22O9S2/c1-3-16-4-5-19(14-24(16)36-35-34-28)26(27)20-8-11-23(25(15-20)37(29,30)31)33-22-10-7-17-12-21(32-2)9-6-18(17)13-22/h4-15,28H,3H2,1-2H3,(H,29,30,31). The lowest BCUT2D eigenvalue weighted by Gasteiger charge is -2.13. The monoisotopic (exact) mass is 542 g/mol. The summed E-state index contributed by atoms with van der Waals surface area (Å²) in [5.74, 6) is 0.396. The van der Waals surface area contributed by atoms with E-state index in [9.17, 15) is 17.8 Å². The van der Waals surface area contributed by atoms with Gasteiger partial charge < -0.3 is 9.47 Å². The number of fused-ring (bicyclic) bond motifs is 1. The fourth-order valence-electron chi connectivity index (χ4n) is 3.74. The average Bonchev–Trinajstić information content (AvgIpc) is 2.90. The van der Waals surface area contributed by atoms with Crippen LogP contribution in [0.3, 0.4) is 0 Å². The van der Waals surface area contributed by atoms with Crippen molar-refractivity contribution in [2.75, 3.05) is 7.11 Å². The summed E-state index contributed by atoms with van der Waals surface area (Å²) in [7, 11) is -3.16. The molecule has 9 nitrogen and oxygen atoms in total. The lowest BCUT2D eigenvalue weighted by molar-refractivity contribution is -0.432. The van der Waals surface area contributed by atoms with Crippen LogP contribution in [-0.4, -0.2) is 31.1 Å². The first-order valence-corrected chi connectivity index (χ1v) is 13.1. The zero-order chi connectivity index (χ0) is 26.6. The molecule has 0 aliphatic rings. The molecular formula is C26H22O9S2. The van der Waals surface area contributed by atoms with E-state index in [0.29, 0.717) is 22.8 Å². The first-order valence-electron chi connectivity index (χ1n) is 10.9. The molecule has 4 aromatic rings. The Hall–Kier alpha value is -3.45. The first kappa shape index (κ1) is 26.6. The van der Waals surface area contributed by atoms with E-state index in [0.717, 1.165) is 34.4 Å². The Labute approximate surface area is 217 Å². The molecule has 0 heterocycles. The smallest absolute Gasteiger partial charge is 0.298 e. The van der Waals surface area contributed by atoms with Crippen LogP contribution >= 0.6 is 12.0 Å². The van der Waals surface area contributed by atoms with Crippen LogP contribution in [0, 0.1) is 0 Å². The largest absolute Gasteiger partial charge is 0.497 e. The van der Waals surface area contributed by atoms with Crippen molar-refractivity contribution in [3.8, 4) is 17.2 Å². The lowest BCUT2D eigenvalue weighted by Crippen LogP contribution is -2.07. The highest BCUT2D eigenvalue weighted by molar-refractivity contribution is 7.94. The Kier molecular flexibility index (Phi) is 8.13. The Morgan fingerprint density at radius 3 is 2.19 bits per heavy atom. The van der Waals surface area contributed by atoms with Gasteiger partial charge in [0.25, 0.3) is 10.1 Å². The van der Waals surface area contributed by atoms with Crippen LogP contribution in [0.4, 0.5) is 0 Å². The number of ketones is 1. The Bertz CT molecular complexity index is 1570. The maximum absolute atomic E-state index is 13.2. The number of hydrogen-bond donors (Lipinski definition) is 2. The predicted molar refractivity (Wildman–Crippen MR) is 137 cm³/mol. The highest BCUT2D eigenvalue weighted by Gasteiger charge is 2.22. The molecule has 0 spiro atoms. The van der Waals surface area contributed by atoms with E-state index in [4.69, 9.17) is 14.7 Å². The molecule has 0 atom stereocenters. The molecule has 0 saturated heterocycles. The minimum atomic E-state index is -4.74. The van der Waals surface area contributed by atoms with Crippen LogP contribution in [0.5, 0.6) is 17.2 Å². The van der Waals surface area contributed by atoms with Crippen molar-refractivity contribution in [2.24, 2.45) is 0 Å². The lowest BCUT2D eigenvalue weighted by atomic mass is 10.0. The second-order valence-electron chi connectivity index (χ2n) is 7.84. The summed E-state index contributed by atoms with van der Waals surface area (Å²) < 4.78 is 49.8. The summed E-state index contributed by atoms with van der Waals surface area (Å²) in [6.45, 7) is 1.91. The maximum atomic E-state index is 13.2. The van der Waals surface area contributed by atoms with Gasteiger partial charge in [0, 0.05) is 16.0 Å². The molecule has 0 aromatic heterocycles. The van der Waals surface area contributed by atoms with E-state index in [-0.39, 0.29) is 16.9 Å². The highest BCUT2D eigenvalue weighted by Crippen LogP contribution is 2.33. The van der Waals surface area contributed by atoms with Crippen molar-refractivity contribution in [1.82, 2.24) is 0 Å². The van der Waals surface area contributed by atoms with Crippen LogP contribution in [0.1, 0.15) is 28.4 Å². The molecule has 0 unspecified atom stereocenters. The van der Waals surface area contributed by atoms with E-state index in [2.05, 4.69) is 9.37 Å². The molecule has 4 rings (SSSR count). The predicted octanol–water partition coefficient (Wildman–Crippen LogP) is 6.11. The molecular weight excluding hydrogens is 520 g/mol. The van der Waals surface area contributed by atoms with Crippen molar-refractivity contribution in [3.05, 3.63) is 89.5 Å². The topological polar surface area (TPSA) is 129 Å². The SMILES string of the molecule is CCc1ccc(C(=O)c2ccc(Oc3ccc4cc(OC)ccc4c3)c(S(=O)(=O)O)c2)cc1SOOO. The van der Waals surface area contributed by atoms with E-state index in [1.165, 1.54) is 18.2 Å². The Morgan fingerprint density at radius 2 is 1.54 bits per heavy atom. The fourth-order valence-corrected chi connectivity index (χ4v) is 4.98. The van der Waals surface area contributed by atoms with Gasteiger partial charge in [-0.2, -0.15) is 8.42 Å². The van der Waals surface area contributed by atoms with Gasteiger partial charge in [0.15, 0.2) is 5.78 Å². The van der Waals surface area contributed by atoms with Gasteiger partial charge in [-0.15, -0.1) is 4.33 Å². The minimum absolute atomic E-state index is 0.0186. The molecule has 0 aliphatic carbocycles. The van der Waals surface area contributed by atoms with Crippen molar-refractivity contribution < 1.29 is 41.9 Å². The fraction of sp³-hybridized carbons (Fsp3) is 0.115. The van der Waals surface area contributed by atoms with E-state index in [1.54, 1.807) is 43.5 Å². The Balaban J connectivity index is 1.67. The third kappa shape index (κ3) is 6.10. The number of methoxy groups -OCH3 is 1. The normalized spacial score (nSPS) is 11.5. The quantitative estimate of drug-likeness (QED) is 0.0796. The van der Waals surface area contributed by atoms with Crippen LogP contribution in [0.25, 0.3) is 10.8 Å². The molecule has 192 valence electrons. The number of carbonyl (C=O) groups excluding carboxylic acids is 1. The summed E-state index contributed by atoms with van der Waals surface area (Å²) in [5, 5.41) is 13.8. The van der Waals surface area contributed by atoms with E-state index in [1.807, 2.05) is 19.1 Å². The molecule has 0 bridgehead atoms. The van der Waals surface area contributed by atoms with Gasteiger partial charge in [-0.3, -0.25) is 9.35 Å².